The number of fused-ring (bicyclic) bond motifs is 2. The Labute approximate surface area is 116 Å². The number of hydrogen-bond acceptors (Lipinski definition) is 0. The summed E-state index contributed by atoms with van der Waals surface area (Å²) in [5.41, 5.74) is 7.09. The maximum Gasteiger partial charge on any atom is -0.00452 e. The summed E-state index contributed by atoms with van der Waals surface area (Å²) in [4.78, 5) is 0. The second-order valence-corrected chi connectivity index (χ2v) is 4.96. The molecule has 0 aromatic heterocycles. The number of aryl methyl sites for hydroxylation is 2. The molecule has 84 valence electrons. The van der Waals surface area contributed by atoms with Crippen LogP contribution in [0.1, 0.15) is 22.3 Å². The largest absolute Gasteiger partial charge is 0.0620 e. The minimum atomic E-state index is 1.14. The van der Waals surface area contributed by atoms with Gasteiger partial charge in [0.15, 0.2) is 0 Å². The Kier molecular flexibility index (Phi) is 3.02. The Morgan fingerprint density at radius 3 is 1.71 bits per heavy atom. The second kappa shape index (κ2) is 4.65. The summed E-state index contributed by atoms with van der Waals surface area (Å²) >= 11 is 2.36. The fraction of sp³-hybridized carbons (Fsp3) is 0.125. The van der Waals surface area contributed by atoms with Gasteiger partial charge in [0.1, 0.15) is 0 Å². The molecule has 0 aliphatic heterocycles. The number of benzene rings is 2. The molecule has 0 spiro atoms. The highest BCUT2D eigenvalue weighted by molar-refractivity contribution is 14.1. The van der Waals surface area contributed by atoms with Crippen molar-refractivity contribution < 1.29 is 0 Å². The van der Waals surface area contributed by atoms with Gasteiger partial charge in [-0.15, -0.1) is 0 Å². The van der Waals surface area contributed by atoms with E-state index in [1.54, 1.807) is 0 Å². The lowest BCUT2D eigenvalue weighted by atomic mass is 9.96. The average molecular weight is 332 g/mol. The van der Waals surface area contributed by atoms with Gasteiger partial charge in [0, 0.05) is 0 Å². The van der Waals surface area contributed by atoms with Crippen LogP contribution >= 0.6 is 22.6 Å². The Morgan fingerprint density at radius 1 is 0.765 bits per heavy atom. The molecule has 0 nitrogen and oxygen atoms in total. The van der Waals surface area contributed by atoms with Crippen LogP contribution in [-0.2, 0) is 12.8 Å². The van der Waals surface area contributed by atoms with Gasteiger partial charge in [-0.1, -0.05) is 71.1 Å². The van der Waals surface area contributed by atoms with Crippen LogP contribution < -0.4 is 0 Å². The van der Waals surface area contributed by atoms with E-state index in [2.05, 4.69) is 75.2 Å². The zero-order chi connectivity index (χ0) is 11.7. The highest BCUT2D eigenvalue weighted by Crippen LogP contribution is 2.33. The lowest BCUT2D eigenvalue weighted by molar-refractivity contribution is 0.965. The fourth-order valence-corrected chi connectivity index (χ4v) is 3.21. The molecule has 0 saturated carbocycles. The van der Waals surface area contributed by atoms with Crippen LogP contribution in [0.25, 0.3) is 5.57 Å². The number of hydrogen-bond donors (Lipinski definition) is 0. The molecule has 1 aliphatic carbocycles. The van der Waals surface area contributed by atoms with Crippen LogP contribution in [-0.4, -0.2) is 0 Å². The maximum absolute atomic E-state index is 2.36. The standard InChI is InChI=1S/C16H13I/c17-11-16-14-7-3-1-5-12(14)9-10-13-6-2-4-8-15(13)16/h1-8,11H,9-10H2. The molecule has 0 saturated heterocycles. The molecule has 0 heterocycles. The van der Waals surface area contributed by atoms with Crippen LogP contribution in [0.4, 0.5) is 0 Å². The first-order valence-electron chi connectivity index (χ1n) is 5.87. The van der Waals surface area contributed by atoms with Crippen molar-refractivity contribution in [2.75, 3.05) is 0 Å². The van der Waals surface area contributed by atoms with Crippen LogP contribution in [0, 0.1) is 0 Å². The predicted octanol–water partition coefficient (Wildman–Crippen LogP) is 4.61. The highest BCUT2D eigenvalue weighted by Gasteiger charge is 2.16. The molecule has 3 rings (SSSR count). The molecule has 0 unspecified atom stereocenters. The van der Waals surface area contributed by atoms with E-state index in [9.17, 15) is 0 Å². The summed E-state index contributed by atoms with van der Waals surface area (Å²) in [6.07, 6.45) is 2.28. The van der Waals surface area contributed by atoms with Crippen molar-refractivity contribution >= 4 is 28.2 Å². The molecule has 0 amide bonds. The van der Waals surface area contributed by atoms with E-state index in [0.29, 0.717) is 0 Å². The summed E-state index contributed by atoms with van der Waals surface area (Å²) < 4.78 is 2.21. The quantitative estimate of drug-likeness (QED) is 0.618. The molecule has 0 bridgehead atoms. The van der Waals surface area contributed by atoms with E-state index in [1.165, 1.54) is 27.8 Å². The third kappa shape index (κ3) is 1.93. The Balaban J connectivity index is 2.27. The molecule has 2 aromatic carbocycles. The minimum absolute atomic E-state index is 1.14. The Bertz CT molecular complexity index is 532. The van der Waals surface area contributed by atoms with E-state index >= 15 is 0 Å². The smallest absolute Gasteiger partial charge is 0.00452 e. The van der Waals surface area contributed by atoms with Crippen LogP contribution in [0.15, 0.2) is 52.6 Å². The van der Waals surface area contributed by atoms with Crippen molar-refractivity contribution in [3.05, 3.63) is 74.9 Å². The van der Waals surface area contributed by atoms with Gasteiger partial charge in [0.25, 0.3) is 0 Å². The second-order valence-electron chi connectivity index (χ2n) is 4.34. The maximum atomic E-state index is 2.36. The lowest BCUT2D eigenvalue weighted by Crippen LogP contribution is -1.90. The Morgan fingerprint density at radius 2 is 1.24 bits per heavy atom. The normalized spacial score (nSPS) is 13.6. The zero-order valence-electron chi connectivity index (χ0n) is 9.49. The predicted molar refractivity (Wildman–Crippen MR) is 81.4 cm³/mol. The summed E-state index contributed by atoms with van der Waals surface area (Å²) in [6, 6.07) is 17.5. The summed E-state index contributed by atoms with van der Waals surface area (Å²) in [7, 11) is 0. The van der Waals surface area contributed by atoms with Gasteiger partial charge in [-0.3, -0.25) is 0 Å². The van der Waals surface area contributed by atoms with E-state index in [-0.39, 0.29) is 0 Å². The Hall–Kier alpha value is -1.09. The minimum Gasteiger partial charge on any atom is -0.0620 e. The molecule has 0 atom stereocenters. The third-order valence-electron chi connectivity index (χ3n) is 3.39. The summed E-state index contributed by atoms with van der Waals surface area (Å²) in [5.74, 6) is 0. The topological polar surface area (TPSA) is 0 Å². The monoisotopic (exact) mass is 332 g/mol. The first-order valence-corrected chi connectivity index (χ1v) is 7.11. The summed E-state index contributed by atoms with van der Waals surface area (Å²) in [6.45, 7) is 0. The van der Waals surface area contributed by atoms with Gasteiger partial charge in [-0.25, -0.2) is 0 Å². The fourth-order valence-electron chi connectivity index (χ4n) is 2.53. The van der Waals surface area contributed by atoms with Crippen molar-refractivity contribution in [1.82, 2.24) is 0 Å². The molecule has 0 N–H and O–H groups in total. The first-order chi connectivity index (χ1) is 8.40. The molecule has 1 heteroatoms. The first kappa shape index (κ1) is 11.0. The van der Waals surface area contributed by atoms with Gasteiger partial charge in [0.2, 0.25) is 0 Å². The summed E-state index contributed by atoms with van der Waals surface area (Å²) in [5, 5.41) is 0. The molecule has 0 fully saturated rings. The van der Waals surface area contributed by atoms with E-state index in [1.807, 2.05) is 0 Å². The van der Waals surface area contributed by atoms with Gasteiger partial charge in [-0.2, -0.15) is 0 Å². The van der Waals surface area contributed by atoms with Crippen molar-refractivity contribution in [2.45, 2.75) is 12.8 Å². The van der Waals surface area contributed by atoms with Crippen LogP contribution in [0.5, 0.6) is 0 Å². The van der Waals surface area contributed by atoms with Crippen LogP contribution in [0.3, 0.4) is 0 Å². The molecule has 1 aliphatic rings. The van der Waals surface area contributed by atoms with Gasteiger partial charge in [0.05, 0.1) is 0 Å². The van der Waals surface area contributed by atoms with Gasteiger partial charge >= 0.3 is 0 Å². The van der Waals surface area contributed by atoms with Gasteiger partial charge in [-0.05, 0) is 44.8 Å². The molecule has 17 heavy (non-hydrogen) atoms. The van der Waals surface area contributed by atoms with Crippen molar-refractivity contribution in [2.24, 2.45) is 0 Å². The van der Waals surface area contributed by atoms with Gasteiger partial charge < -0.3 is 0 Å². The average Bonchev–Trinajstić information content (AvgIpc) is 2.55. The molecular weight excluding hydrogens is 319 g/mol. The number of halogens is 1. The number of rotatable bonds is 0. The van der Waals surface area contributed by atoms with Crippen molar-refractivity contribution in [3.63, 3.8) is 0 Å². The van der Waals surface area contributed by atoms with Crippen molar-refractivity contribution in [1.29, 1.82) is 0 Å². The molecule has 0 radical (unpaired) electrons. The third-order valence-corrected chi connectivity index (χ3v) is 4.01. The molecule has 2 aromatic rings. The lowest BCUT2D eigenvalue weighted by Gasteiger charge is -2.10. The molecular formula is C16H13I. The van der Waals surface area contributed by atoms with E-state index < -0.39 is 0 Å². The van der Waals surface area contributed by atoms with Crippen molar-refractivity contribution in [3.8, 4) is 0 Å². The van der Waals surface area contributed by atoms with Crippen LogP contribution in [0.2, 0.25) is 0 Å². The zero-order valence-corrected chi connectivity index (χ0v) is 11.6. The SMILES string of the molecule is IC=C1c2ccccc2CCc2ccccc21. The van der Waals surface area contributed by atoms with E-state index in [0.717, 1.165) is 12.8 Å². The highest BCUT2D eigenvalue weighted by atomic mass is 127. The van der Waals surface area contributed by atoms with E-state index in [4.69, 9.17) is 0 Å².